The van der Waals surface area contributed by atoms with Crippen LogP contribution in [0, 0.1) is 0 Å². The van der Waals surface area contributed by atoms with E-state index in [-0.39, 0.29) is 0 Å². The maximum atomic E-state index is 9.49. The Morgan fingerprint density at radius 3 is 2.40 bits per heavy atom. The van der Waals surface area contributed by atoms with Crippen LogP contribution in [0.4, 0.5) is 5.69 Å². The predicted octanol–water partition coefficient (Wildman–Crippen LogP) is 3.54. The van der Waals surface area contributed by atoms with Crippen LogP contribution in [0.15, 0.2) is 22.7 Å². The zero-order valence-electron chi connectivity index (χ0n) is 8.75. The first-order valence-corrected chi connectivity index (χ1v) is 6.30. The van der Waals surface area contributed by atoms with Crippen LogP contribution in [-0.4, -0.2) is 18.2 Å². The molecule has 15 heavy (non-hydrogen) atoms. The Kier molecular flexibility index (Phi) is 3.52. The lowest BCUT2D eigenvalue weighted by atomic mass is 10.2. The van der Waals surface area contributed by atoms with E-state index in [1.807, 2.05) is 12.1 Å². The summed E-state index contributed by atoms with van der Waals surface area (Å²) in [6.45, 7) is 2.20. The van der Waals surface area contributed by atoms with Crippen molar-refractivity contribution < 1.29 is 5.11 Å². The monoisotopic (exact) mass is 269 g/mol. The van der Waals surface area contributed by atoms with E-state index in [2.05, 4.69) is 20.8 Å². The first kappa shape index (κ1) is 10.8. The summed E-state index contributed by atoms with van der Waals surface area (Å²) in [5.74, 6) is 0.345. The highest BCUT2D eigenvalue weighted by Gasteiger charge is 2.12. The third kappa shape index (κ3) is 2.65. The zero-order valence-corrected chi connectivity index (χ0v) is 10.3. The highest BCUT2D eigenvalue weighted by atomic mass is 79.9. The minimum atomic E-state index is 0.345. The van der Waals surface area contributed by atoms with Crippen molar-refractivity contribution in [3.63, 3.8) is 0 Å². The smallest absolute Gasteiger partial charge is 0.117 e. The number of rotatable bonds is 1. The first-order valence-electron chi connectivity index (χ1n) is 5.51. The maximum absolute atomic E-state index is 9.49. The van der Waals surface area contributed by atoms with Gasteiger partial charge in [0, 0.05) is 23.6 Å². The van der Waals surface area contributed by atoms with Crippen molar-refractivity contribution in [1.29, 1.82) is 0 Å². The van der Waals surface area contributed by atoms with Gasteiger partial charge in [0.1, 0.15) is 5.75 Å². The van der Waals surface area contributed by atoms with Crippen LogP contribution in [0.3, 0.4) is 0 Å². The number of phenols is 1. The molecule has 0 saturated carbocycles. The third-order valence-corrected chi connectivity index (χ3v) is 3.55. The molecule has 0 atom stereocenters. The molecule has 2 rings (SSSR count). The fraction of sp³-hybridized carbons (Fsp3) is 0.500. The Bertz CT molecular complexity index is 332. The summed E-state index contributed by atoms with van der Waals surface area (Å²) in [5.41, 5.74) is 1.12. The number of hydrogen-bond donors (Lipinski definition) is 1. The van der Waals surface area contributed by atoms with Crippen LogP contribution < -0.4 is 4.90 Å². The Morgan fingerprint density at radius 1 is 1.07 bits per heavy atom. The van der Waals surface area contributed by atoms with Crippen molar-refractivity contribution in [2.45, 2.75) is 25.7 Å². The van der Waals surface area contributed by atoms with Crippen molar-refractivity contribution >= 4 is 21.6 Å². The summed E-state index contributed by atoms with van der Waals surface area (Å²) in [4.78, 5) is 2.36. The lowest BCUT2D eigenvalue weighted by molar-refractivity contribution is 0.475. The van der Waals surface area contributed by atoms with Gasteiger partial charge in [0.05, 0.1) is 5.69 Å². The molecule has 0 aliphatic carbocycles. The highest BCUT2D eigenvalue weighted by Crippen LogP contribution is 2.31. The maximum Gasteiger partial charge on any atom is 0.117 e. The molecule has 2 nitrogen and oxygen atoms in total. The van der Waals surface area contributed by atoms with Crippen LogP contribution >= 0.6 is 15.9 Å². The van der Waals surface area contributed by atoms with E-state index < -0.39 is 0 Å². The van der Waals surface area contributed by atoms with E-state index >= 15 is 0 Å². The van der Waals surface area contributed by atoms with Crippen LogP contribution in [-0.2, 0) is 0 Å². The molecule has 1 fully saturated rings. The molecule has 82 valence electrons. The number of anilines is 1. The quantitative estimate of drug-likeness (QED) is 0.843. The van der Waals surface area contributed by atoms with E-state index in [0.717, 1.165) is 23.2 Å². The van der Waals surface area contributed by atoms with Gasteiger partial charge in [-0.1, -0.05) is 12.8 Å². The fourth-order valence-corrected chi connectivity index (χ4v) is 2.55. The average Bonchev–Trinajstić information content (AvgIpc) is 2.50. The minimum Gasteiger partial charge on any atom is -0.508 e. The number of nitrogens with zero attached hydrogens (tertiary/aromatic N) is 1. The van der Waals surface area contributed by atoms with Gasteiger partial charge in [-0.15, -0.1) is 0 Å². The van der Waals surface area contributed by atoms with Gasteiger partial charge in [-0.2, -0.15) is 0 Å². The molecule has 1 N–H and O–H groups in total. The largest absolute Gasteiger partial charge is 0.508 e. The second-order valence-corrected chi connectivity index (χ2v) is 4.89. The normalized spacial score (nSPS) is 17.5. The van der Waals surface area contributed by atoms with Crippen molar-refractivity contribution in [3.8, 4) is 5.75 Å². The van der Waals surface area contributed by atoms with Crippen LogP contribution in [0.25, 0.3) is 0 Å². The van der Waals surface area contributed by atoms with Crippen molar-refractivity contribution in [2.75, 3.05) is 18.0 Å². The number of halogens is 1. The van der Waals surface area contributed by atoms with Gasteiger partial charge >= 0.3 is 0 Å². The van der Waals surface area contributed by atoms with Gasteiger partial charge in [-0.05, 0) is 40.9 Å². The second kappa shape index (κ2) is 4.88. The van der Waals surface area contributed by atoms with Crippen LogP contribution in [0.5, 0.6) is 5.75 Å². The molecule has 0 amide bonds. The SMILES string of the molecule is Oc1ccc(Br)c(N2CCCCCC2)c1. The molecule has 0 unspecified atom stereocenters. The lowest BCUT2D eigenvalue weighted by Crippen LogP contribution is -2.24. The van der Waals surface area contributed by atoms with Gasteiger partial charge in [0.2, 0.25) is 0 Å². The average molecular weight is 270 g/mol. The summed E-state index contributed by atoms with van der Waals surface area (Å²) < 4.78 is 1.07. The highest BCUT2D eigenvalue weighted by molar-refractivity contribution is 9.10. The summed E-state index contributed by atoms with van der Waals surface area (Å²) >= 11 is 3.54. The molecular weight excluding hydrogens is 254 g/mol. The molecule has 1 aromatic carbocycles. The summed E-state index contributed by atoms with van der Waals surface area (Å²) in [6, 6.07) is 5.47. The topological polar surface area (TPSA) is 23.5 Å². The van der Waals surface area contributed by atoms with Crippen LogP contribution in [0.2, 0.25) is 0 Å². The van der Waals surface area contributed by atoms with Gasteiger partial charge in [0.15, 0.2) is 0 Å². The third-order valence-electron chi connectivity index (χ3n) is 2.88. The molecule has 0 radical (unpaired) electrons. The van der Waals surface area contributed by atoms with Crippen molar-refractivity contribution in [1.82, 2.24) is 0 Å². The molecule has 3 heteroatoms. The molecule has 1 aromatic rings. The van der Waals surface area contributed by atoms with Gasteiger partial charge < -0.3 is 10.0 Å². The molecule has 1 saturated heterocycles. The van der Waals surface area contributed by atoms with Gasteiger partial charge in [-0.25, -0.2) is 0 Å². The number of hydrogen-bond acceptors (Lipinski definition) is 2. The van der Waals surface area contributed by atoms with Crippen molar-refractivity contribution in [2.24, 2.45) is 0 Å². The molecule has 1 aliphatic rings. The molecule has 1 heterocycles. The zero-order chi connectivity index (χ0) is 10.7. The Morgan fingerprint density at radius 2 is 1.73 bits per heavy atom. The standard InChI is InChI=1S/C12H16BrNO/c13-11-6-5-10(15)9-12(11)14-7-3-1-2-4-8-14/h5-6,9,15H,1-4,7-8H2. The predicted molar refractivity (Wildman–Crippen MR) is 66.5 cm³/mol. The Balaban J connectivity index is 2.22. The second-order valence-electron chi connectivity index (χ2n) is 4.04. The molecule has 1 aliphatic heterocycles. The van der Waals surface area contributed by atoms with Gasteiger partial charge in [-0.3, -0.25) is 0 Å². The summed E-state index contributed by atoms with van der Waals surface area (Å²) in [6.07, 6.45) is 5.16. The Hall–Kier alpha value is -0.700. The molecule has 0 bridgehead atoms. The van der Waals surface area contributed by atoms with E-state index in [9.17, 15) is 5.11 Å². The van der Waals surface area contributed by atoms with Crippen LogP contribution in [0.1, 0.15) is 25.7 Å². The van der Waals surface area contributed by atoms with Crippen molar-refractivity contribution in [3.05, 3.63) is 22.7 Å². The molecular formula is C12H16BrNO. The number of phenolic OH excluding ortho intramolecular Hbond substituents is 1. The summed E-state index contributed by atoms with van der Waals surface area (Å²) in [5, 5.41) is 9.49. The van der Waals surface area contributed by atoms with E-state index in [4.69, 9.17) is 0 Å². The molecule has 0 spiro atoms. The molecule has 0 aromatic heterocycles. The lowest BCUT2D eigenvalue weighted by Gasteiger charge is -2.24. The van der Waals surface area contributed by atoms with E-state index in [1.165, 1.54) is 25.7 Å². The number of benzene rings is 1. The van der Waals surface area contributed by atoms with Gasteiger partial charge in [0.25, 0.3) is 0 Å². The van der Waals surface area contributed by atoms with E-state index in [1.54, 1.807) is 6.07 Å². The minimum absolute atomic E-state index is 0.345. The Labute approximate surface area is 99.0 Å². The first-order chi connectivity index (χ1) is 7.27. The summed E-state index contributed by atoms with van der Waals surface area (Å²) in [7, 11) is 0. The number of aromatic hydroxyl groups is 1. The van der Waals surface area contributed by atoms with E-state index in [0.29, 0.717) is 5.75 Å². The fourth-order valence-electron chi connectivity index (χ4n) is 2.05.